The number of nitrogens with zero attached hydrogens (tertiary/aromatic N) is 5. The lowest BCUT2D eigenvalue weighted by Gasteiger charge is -2.15. The summed E-state index contributed by atoms with van der Waals surface area (Å²) in [6.45, 7) is 6.11. The Bertz CT molecular complexity index is 1500. The van der Waals surface area contributed by atoms with E-state index < -0.39 is 5.97 Å². The number of imidazole rings is 1. The Kier molecular flexibility index (Phi) is 6.52. The van der Waals surface area contributed by atoms with E-state index in [2.05, 4.69) is 40.1 Å². The number of hydrogen-bond acceptors (Lipinski definition) is 5. The maximum atomic E-state index is 11.4. The number of benzene rings is 2. The zero-order valence-corrected chi connectivity index (χ0v) is 20.5. The van der Waals surface area contributed by atoms with E-state index in [1.54, 1.807) is 35.0 Å². The zero-order chi connectivity index (χ0) is 25.2. The van der Waals surface area contributed by atoms with Gasteiger partial charge < -0.3 is 10.1 Å². The molecule has 0 amide bonds. The summed E-state index contributed by atoms with van der Waals surface area (Å²) >= 11 is 6.32. The van der Waals surface area contributed by atoms with Crippen LogP contribution in [0.1, 0.15) is 53.8 Å². The standard InChI is InChI=1S/C27H25ClN6O2/c1-3-18(22-14-20(28)9-11-25(22)34-15-29-32-33-34)7-4-16(2)21(12-17-5-6-17)26-30-23-10-8-19(27(35)36)13-24(23)31-26/h3-4,7-11,13-15,17,21H,1,5-6,12H2,2H3,(H,30,31)(H,35,36)/b16-4+,18-7+. The fourth-order valence-electron chi connectivity index (χ4n) is 4.34. The smallest absolute Gasteiger partial charge is 0.335 e. The van der Waals surface area contributed by atoms with Crippen LogP contribution in [0.25, 0.3) is 22.3 Å². The van der Waals surface area contributed by atoms with Crippen molar-refractivity contribution in [2.75, 3.05) is 0 Å². The lowest BCUT2D eigenvalue weighted by molar-refractivity contribution is 0.0697. The average molecular weight is 501 g/mol. The van der Waals surface area contributed by atoms with Gasteiger partial charge in [-0.05, 0) is 71.7 Å². The molecule has 0 bridgehead atoms. The first-order valence-corrected chi connectivity index (χ1v) is 12.1. The van der Waals surface area contributed by atoms with Gasteiger partial charge in [0, 0.05) is 16.5 Å². The summed E-state index contributed by atoms with van der Waals surface area (Å²) in [5.74, 6) is 0.642. The molecule has 1 unspecified atom stereocenters. The van der Waals surface area contributed by atoms with Crippen molar-refractivity contribution < 1.29 is 9.90 Å². The molecule has 0 spiro atoms. The molecule has 0 aliphatic heterocycles. The van der Waals surface area contributed by atoms with Crippen LogP contribution >= 0.6 is 11.6 Å². The molecule has 8 nitrogen and oxygen atoms in total. The highest BCUT2D eigenvalue weighted by atomic mass is 35.5. The van der Waals surface area contributed by atoms with Gasteiger partial charge in [0.15, 0.2) is 0 Å². The van der Waals surface area contributed by atoms with Gasteiger partial charge in [0.2, 0.25) is 0 Å². The predicted molar refractivity (Wildman–Crippen MR) is 139 cm³/mol. The Morgan fingerprint density at radius 3 is 2.81 bits per heavy atom. The minimum absolute atomic E-state index is 0.0823. The minimum Gasteiger partial charge on any atom is -0.478 e. The van der Waals surface area contributed by atoms with E-state index in [9.17, 15) is 9.90 Å². The summed E-state index contributed by atoms with van der Waals surface area (Å²) in [4.78, 5) is 19.6. The number of nitrogens with one attached hydrogen (secondary N) is 1. The molecule has 9 heteroatoms. The summed E-state index contributed by atoms with van der Waals surface area (Å²) in [5, 5.41) is 21.4. The Morgan fingerprint density at radius 2 is 2.11 bits per heavy atom. The van der Waals surface area contributed by atoms with E-state index >= 15 is 0 Å². The highest BCUT2D eigenvalue weighted by molar-refractivity contribution is 6.30. The molecule has 182 valence electrons. The van der Waals surface area contributed by atoms with Crippen molar-refractivity contribution in [2.24, 2.45) is 5.92 Å². The molecule has 1 aliphatic carbocycles. The monoisotopic (exact) mass is 500 g/mol. The number of tetrazole rings is 1. The molecule has 1 atom stereocenters. The number of aromatic nitrogens is 6. The van der Waals surface area contributed by atoms with Crippen LogP contribution < -0.4 is 0 Å². The largest absolute Gasteiger partial charge is 0.478 e. The summed E-state index contributed by atoms with van der Waals surface area (Å²) in [5.41, 5.74) is 5.40. The first-order valence-electron chi connectivity index (χ1n) is 11.7. The molecular weight excluding hydrogens is 476 g/mol. The van der Waals surface area contributed by atoms with E-state index in [1.165, 1.54) is 19.2 Å². The summed E-state index contributed by atoms with van der Waals surface area (Å²) in [7, 11) is 0. The molecule has 0 saturated heterocycles. The predicted octanol–water partition coefficient (Wildman–Crippen LogP) is 5.99. The number of carboxylic acid groups (broad SMARTS) is 1. The van der Waals surface area contributed by atoms with E-state index in [4.69, 9.17) is 16.6 Å². The first kappa shape index (κ1) is 23.7. The van der Waals surface area contributed by atoms with Crippen LogP contribution in [0.15, 0.2) is 73.1 Å². The summed E-state index contributed by atoms with van der Waals surface area (Å²) in [6.07, 6.45) is 10.9. The van der Waals surface area contributed by atoms with Gasteiger partial charge in [0.25, 0.3) is 0 Å². The molecule has 2 N–H and O–H groups in total. The second-order valence-corrected chi connectivity index (χ2v) is 9.48. The van der Waals surface area contributed by atoms with E-state index in [1.807, 2.05) is 18.2 Å². The van der Waals surface area contributed by atoms with Crippen molar-refractivity contribution in [2.45, 2.75) is 32.1 Å². The van der Waals surface area contributed by atoms with Crippen molar-refractivity contribution >= 4 is 34.2 Å². The molecule has 2 aromatic carbocycles. The van der Waals surface area contributed by atoms with Crippen LogP contribution in [0.4, 0.5) is 0 Å². The zero-order valence-electron chi connectivity index (χ0n) is 19.7. The number of carbonyl (C=O) groups is 1. The maximum Gasteiger partial charge on any atom is 0.335 e. The van der Waals surface area contributed by atoms with E-state index in [0.717, 1.165) is 45.7 Å². The number of allylic oxidation sites excluding steroid dienone is 5. The number of hydrogen-bond donors (Lipinski definition) is 2. The van der Waals surface area contributed by atoms with Gasteiger partial charge in [-0.15, -0.1) is 5.10 Å². The number of halogens is 1. The fraction of sp³-hybridized carbons (Fsp3) is 0.222. The van der Waals surface area contributed by atoms with Gasteiger partial charge >= 0.3 is 5.97 Å². The van der Waals surface area contributed by atoms with Crippen molar-refractivity contribution in [1.82, 2.24) is 30.2 Å². The van der Waals surface area contributed by atoms with Crippen molar-refractivity contribution in [3.05, 3.63) is 95.1 Å². The molecule has 1 fully saturated rings. The normalized spacial score (nSPS) is 15.3. The molecule has 4 aromatic rings. The Morgan fingerprint density at radius 1 is 1.28 bits per heavy atom. The van der Waals surface area contributed by atoms with E-state index in [-0.39, 0.29) is 11.5 Å². The van der Waals surface area contributed by atoms with Crippen molar-refractivity contribution in [3.63, 3.8) is 0 Å². The molecular formula is C27H25ClN6O2. The molecule has 1 aliphatic rings. The molecule has 1 saturated carbocycles. The molecule has 5 rings (SSSR count). The minimum atomic E-state index is -0.956. The van der Waals surface area contributed by atoms with Gasteiger partial charge in [0.1, 0.15) is 12.2 Å². The lowest BCUT2D eigenvalue weighted by Crippen LogP contribution is -2.04. The third-order valence-corrected chi connectivity index (χ3v) is 6.74. The number of H-pyrrole nitrogens is 1. The van der Waals surface area contributed by atoms with E-state index in [0.29, 0.717) is 10.9 Å². The topological polar surface area (TPSA) is 110 Å². The summed E-state index contributed by atoms with van der Waals surface area (Å²) in [6, 6.07) is 10.5. The van der Waals surface area contributed by atoms with Crippen LogP contribution in [0.3, 0.4) is 0 Å². The Hall–Kier alpha value is -4.04. The summed E-state index contributed by atoms with van der Waals surface area (Å²) < 4.78 is 1.59. The second-order valence-electron chi connectivity index (χ2n) is 9.04. The van der Waals surface area contributed by atoms with Gasteiger partial charge in [0.05, 0.1) is 22.3 Å². The maximum absolute atomic E-state index is 11.4. The Balaban J connectivity index is 1.51. The van der Waals surface area contributed by atoms with Crippen LogP contribution in [-0.2, 0) is 0 Å². The van der Waals surface area contributed by atoms with Gasteiger partial charge in [-0.1, -0.05) is 54.8 Å². The van der Waals surface area contributed by atoms with Gasteiger partial charge in [-0.25, -0.2) is 9.78 Å². The van der Waals surface area contributed by atoms with Gasteiger partial charge in [-0.2, -0.15) is 4.68 Å². The van der Waals surface area contributed by atoms with Crippen LogP contribution in [0.5, 0.6) is 0 Å². The quantitative estimate of drug-likeness (QED) is 0.273. The number of aromatic carboxylic acids is 1. The van der Waals surface area contributed by atoms with Crippen LogP contribution in [0, 0.1) is 5.92 Å². The van der Waals surface area contributed by atoms with Crippen molar-refractivity contribution in [1.29, 1.82) is 0 Å². The number of rotatable bonds is 9. The third-order valence-electron chi connectivity index (χ3n) is 6.50. The van der Waals surface area contributed by atoms with Gasteiger partial charge in [-0.3, -0.25) is 0 Å². The number of aromatic amines is 1. The SMILES string of the molecule is C=C/C(=C\C=C(/C)C(CC1CC1)c1nc2ccc(C(=O)O)cc2[nH]1)c1cc(Cl)ccc1-n1cnnn1. The van der Waals surface area contributed by atoms with Crippen LogP contribution in [0.2, 0.25) is 5.02 Å². The van der Waals surface area contributed by atoms with Crippen molar-refractivity contribution in [3.8, 4) is 5.69 Å². The van der Waals surface area contributed by atoms with Crippen LogP contribution in [-0.4, -0.2) is 41.3 Å². The highest BCUT2D eigenvalue weighted by Crippen LogP contribution is 2.41. The lowest BCUT2D eigenvalue weighted by atomic mass is 9.92. The number of carboxylic acids is 1. The molecule has 2 aromatic heterocycles. The average Bonchev–Trinajstić information content (AvgIpc) is 3.34. The molecule has 0 radical (unpaired) electrons. The molecule has 36 heavy (non-hydrogen) atoms. The highest BCUT2D eigenvalue weighted by Gasteiger charge is 2.29. The number of fused-ring (bicyclic) bond motifs is 1. The molecule has 2 heterocycles. The second kappa shape index (κ2) is 9.91. The Labute approximate surface area is 213 Å². The third kappa shape index (κ3) is 4.99. The fourth-order valence-corrected chi connectivity index (χ4v) is 4.52. The first-order chi connectivity index (χ1) is 17.4.